The molecule has 0 saturated heterocycles. The van der Waals surface area contributed by atoms with Crippen molar-refractivity contribution in [3.05, 3.63) is 41.9 Å². The molecule has 1 amide bonds. The minimum atomic E-state index is -0.122. The number of pyridine rings is 1. The third-order valence-corrected chi connectivity index (χ3v) is 3.00. The number of rotatable bonds is 6. The molecule has 0 fully saturated rings. The molecule has 0 bridgehead atoms. The molecular formula is C15H20N6O. The van der Waals surface area contributed by atoms with Crippen molar-refractivity contribution in [2.24, 2.45) is 0 Å². The smallest absolute Gasteiger partial charge is 0.251 e. The first-order chi connectivity index (χ1) is 10.6. The van der Waals surface area contributed by atoms with Gasteiger partial charge in [-0.1, -0.05) is 0 Å². The zero-order valence-electron chi connectivity index (χ0n) is 13.0. The van der Waals surface area contributed by atoms with Crippen molar-refractivity contribution >= 4 is 17.7 Å². The summed E-state index contributed by atoms with van der Waals surface area (Å²) in [5.74, 6) is 1.30. The van der Waals surface area contributed by atoms with E-state index in [9.17, 15) is 4.79 Å². The first-order valence-corrected chi connectivity index (χ1v) is 7.01. The number of carbonyl (C=O) groups is 1. The molecule has 22 heavy (non-hydrogen) atoms. The van der Waals surface area contributed by atoms with E-state index >= 15 is 0 Å². The van der Waals surface area contributed by atoms with Crippen LogP contribution < -0.4 is 15.5 Å². The molecule has 0 atom stereocenters. The predicted molar refractivity (Wildman–Crippen MR) is 86.2 cm³/mol. The normalized spacial score (nSPS) is 10.1. The molecule has 7 nitrogen and oxygen atoms in total. The van der Waals surface area contributed by atoms with Gasteiger partial charge in [0.05, 0.1) is 0 Å². The Labute approximate surface area is 129 Å². The van der Waals surface area contributed by atoms with Crippen LogP contribution in [0.1, 0.15) is 15.9 Å². The maximum Gasteiger partial charge on any atom is 0.251 e. The molecule has 2 heterocycles. The zero-order chi connectivity index (χ0) is 15.9. The van der Waals surface area contributed by atoms with Gasteiger partial charge in [0.2, 0.25) is 5.95 Å². The molecule has 2 aromatic heterocycles. The van der Waals surface area contributed by atoms with E-state index in [-0.39, 0.29) is 5.91 Å². The van der Waals surface area contributed by atoms with Crippen LogP contribution in [-0.2, 0) is 0 Å². The number of hydrogen-bond donors (Lipinski definition) is 2. The molecule has 0 saturated carbocycles. The largest absolute Gasteiger partial charge is 0.362 e. The van der Waals surface area contributed by atoms with Crippen LogP contribution in [0.2, 0.25) is 0 Å². The summed E-state index contributed by atoms with van der Waals surface area (Å²) in [6.07, 6.45) is 4.96. The predicted octanol–water partition coefficient (Wildman–Crippen LogP) is 1.09. The van der Waals surface area contributed by atoms with E-state index in [1.807, 2.05) is 25.9 Å². The van der Waals surface area contributed by atoms with Gasteiger partial charge in [-0.2, -0.15) is 4.98 Å². The van der Waals surface area contributed by atoms with E-state index in [1.54, 1.807) is 30.7 Å². The van der Waals surface area contributed by atoms with Crippen LogP contribution in [0.4, 0.5) is 11.8 Å². The lowest BCUT2D eigenvalue weighted by atomic mass is 10.2. The first kappa shape index (κ1) is 15.7. The van der Waals surface area contributed by atoms with Gasteiger partial charge in [-0.3, -0.25) is 9.78 Å². The number of nitrogens with zero attached hydrogens (tertiary/aromatic N) is 4. The van der Waals surface area contributed by atoms with Gasteiger partial charge < -0.3 is 15.5 Å². The maximum absolute atomic E-state index is 11.8. The lowest BCUT2D eigenvalue weighted by Crippen LogP contribution is -2.29. The Hall–Kier alpha value is -2.70. The van der Waals surface area contributed by atoms with Crippen LogP contribution in [0.5, 0.6) is 0 Å². The van der Waals surface area contributed by atoms with E-state index in [4.69, 9.17) is 0 Å². The van der Waals surface area contributed by atoms with Crippen LogP contribution in [0.3, 0.4) is 0 Å². The second-order valence-electron chi connectivity index (χ2n) is 5.01. The van der Waals surface area contributed by atoms with Crippen molar-refractivity contribution in [1.29, 1.82) is 0 Å². The summed E-state index contributed by atoms with van der Waals surface area (Å²) in [5.41, 5.74) is 1.61. The molecule has 2 aromatic rings. The Kier molecular flexibility index (Phi) is 5.24. The van der Waals surface area contributed by atoms with E-state index in [2.05, 4.69) is 25.6 Å². The summed E-state index contributed by atoms with van der Waals surface area (Å²) < 4.78 is 0. The van der Waals surface area contributed by atoms with Crippen LogP contribution in [0, 0.1) is 6.92 Å². The van der Waals surface area contributed by atoms with Gasteiger partial charge in [0.1, 0.15) is 5.82 Å². The maximum atomic E-state index is 11.8. The molecule has 2 rings (SSSR count). The van der Waals surface area contributed by atoms with Crippen molar-refractivity contribution in [2.45, 2.75) is 6.92 Å². The highest BCUT2D eigenvalue weighted by Gasteiger charge is 2.06. The molecule has 0 spiro atoms. The number of aryl methyl sites for hydroxylation is 1. The Morgan fingerprint density at radius 1 is 1.23 bits per heavy atom. The highest BCUT2D eigenvalue weighted by atomic mass is 16.1. The van der Waals surface area contributed by atoms with Crippen LogP contribution >= 0.6 is 0 Å². The Morgan fingerprint density at radius 2 is 1.95 bits per heavy atom. The Balaban J connectivity index is 1.82. The topological polar surface area (TPSA) is 83.0 Å². The van der Waals surface area contributed by atoms with Gasteiger partial charge in [0.15, 0.2) is 0 Å². The van der Waals surface area contributed by atoms with Crippen LogP contribution in [0.25, 0.3) is 0 Å². The third kappa shape index (κ3) is 4.15. The van der Waals surface area contributed by atoms with Crippen molar-refractivity contribution in [1.82, 2.24) is 20.3 Å². The highest BCUT2D eigenvalue weighted by Crippen LogP contribution is 2.14. The highest BCUT2D eigenvalue weighted by molar-refractivity contribution is 5.93. The second kappa shape index (κ2) is 7.35. The van der Waals surface area contributed by atoms with Gasteiger partial charge in [0.25, 0.3) is 5.91 Å². The molecule has 0 aliphatic rings. The molecule has 7 heteroatoms. The van der Waals surface area contributed by atoms with Gasteiger partial charge in [-0.05, 0) is 19.1 Å². The number of nitrogens with one attached hydrogen (secondary N) is 2. The monoisotopic (exact) mass is 300 g/mol. The molecule has 0 unspecified atom stereocenters. The second-order valence-corrected chi connectivity index (χ2v) is 5.01. The fraction of sp³-hybridized carbons (Fsp3) is 0.333. The summed E-state index contributed by atoms with van der Waals surface area (Å²) in [5, 5.41) is 5.92. The van der Waals surface area contributed by atoms with Crippen molar-refractivity contribution in [2.75, 3.05) is 37.4 Å². The number of hydrogen-bond acceptors (Lipinski definition) is 6. The lowest BCUT2D eigenvalue weighted by molar-refractivity contribution is 0.0955. The van der Waals surface area contributed by atoms with Crippen LogP contribution in [0.15, 0.2) is 30.7 Å². The summed E-state index contributed by atoms with van der Waals surface area (Å²) in [6.45, 7) is 3.00. The molecule has 0 aromatic carbocycles. The van der Waals surface area contributed by atoms with E-state index in [0.717, 1.165) is 11.4 Å². The van der Waals surface area contributed by atoms with Crippen molar-refractivity contribution < 1.29 is 4.79 Å². The SMILES string of the molecule is Cc1cnc(NCCNC(=O)c2ccncc2)nc1N(C)C. The molecule has 0 aliphatic heterocycles. The van der Waals surface area contributed by atoms with Crippen LogP contribution in [-0.4, -0.2) is 48.0 Å². The standard InChI is InChI=1S/C15H20N6O/c1-11-10-19-15(20-13(11)21(2)3)18-9-8-17-14(22)12-4-6-16-7-5-12/h4-7,10H,8-9H2,1-3H3,(H,17,22)(H,18,19,20). The van der Waals surface area contributed by atoms with E-state index in [0.29, 0.717) is 24.6 Å². The number of amides is 1. The first-order valence-electron chi connectivity index (χ1n) is 7.01. The van der Waals surface area contributed by atoms with Gasteiger partial charge in [-0.25, -0.2) is 4.98 Å². The zero-order valence-corrected chi connectivity index (χ0v) is 13.0. The van der Waals surface area contributed by atoms with Gasteiger partial charge in [0, 0.05) is 56.9 Å². The third-order valence-electron chi connectivity index (χ3n) is 3.00. The number of carbonyl (C=O) groups excluding carboxylic acids is 1. The van der Waals surface area contributed by atoms with Crippen molar-refractivity contribution in [3.8, 4) is 0 Å². The molecular weight excluding hydrogens is 280 g/mol. The molecule has 116 valence electrons. The number of anilines is 2. The van der Waals surface area contributed by atoms with Gasteiger partial charge in [-0.15, -0.1) is 0 Å². The Morgan fingerprint density at radius 3 is 2.64 bits per heavy atom. The van der Waals surface area contributed by atoms with E-state index in [1.165, 1.54) is 0 Å². The fourth-order valence-corrected chi connectivity index (χ4v) is 1.93. The molecule has 2 N–H and O–H groups in total. The summed E-state index contributed by atoms with van der Waals surface area (Å²) >= 11 is 0. The van der Waals surface area contributed by atoms with Gasteiger partial charge >= 0.3 is 0 Å². The lowest BCUT2D eigenvalue weighted by Gasteiger charge is -2.15. The average Bonchev–Trinajstić information content (AvgIpc) is 2.53. The average molecular weight is 300 g/mol. The van der Waals surface area contributed by atoms with E-state index < -0.39 is 0 Å². The summed E-state index contributed by atoms with van der Waals surface area (Å²) in [4.78, 5) is 26.3. The Bertz CT molecular complexity index is 629. The summed E-state index contributed by atoms with van der Waals surface area (Å²) in [6, 6.07) is 3.35. The number of aromatic nitrogens is 3. The molecule has 0 aliphatic carbocycles. The van der Waals surface area contributed by atoms with Crippen molar-refractivity contribution in [3.63, 3.8) is 0 Å². The molecule has 0 radical (unpaired) electrons. The minimum Gasteiger partial charge on any atom is -0.362 e. The fourth-order valence-electron chi connectivity index (χ4n) is 1.93. The quantitative estimate of drug-likeness (QED) is 0.777. The minimum absolute atomic E-state index is 0.122. The summed E-state index contributed by atoms with van der Waals surface area (Å²) in [7, 11) is 3.88.